The van der Waals surface area contributed by atoms with Crippen LogP contribution in [0, 0.1) is 0 Å². The zero-order valence-corrected chi connectivity index (χ0v) is 16.0. The van der Waals surface area contributed by atoms with Crippen molar-refractivity contribution in [3.8, 4) is 5.75 Å². The average molecular weight is 330 g/mol. The highest BCUT2D eigenvalue weighted by atomic mass is 31.1. The van der Waals surface area contributed by atoms with Crippen LogP contribution in [-0.2, 0) is 13.8 Å². The number of rotatable bonds is 6. The van der Waals surface area contributed by atoms with E-state index in [0.29, 0.717) is 0 Å². The molecule has 1 rings (SSSR count). The van der Waals surface area contributed by atoms with E-state index in [0.717, 1.165) is 11.3 Å². The molecule has 120 valence electrons. The lowest BCUT2D eigenvalue weighted by Gasteiger charge is -2.36. The lowest BCUT2D eigenvalue weighted by Crippen LogP contribution is -2.43. The van der Waals surface area contributed by atoms with Gasteiger partial charge in [-0.1, -0.05) is 32.9 Å². The minimum absolute atomic E-state index is 0.129. The van der Waals surface area contributed by atoms with Crippen LogP contribution in [0.2, 0.25) is 18.1 Å². The Morgan fingerprint density at radius 1 is 1.19 bits per heavy atom. The summed E-state index contributed by atoms with van der Waals surface area (Å²) in [5.74, 6) is 0.259. The molecule has 2 unspecified atom stereocenters. The highest BCUT2D eigenvalue weighted by molar-refractivity contribution is 7.39. The van der Waals surface area contributed by atoms with Gasteiger partial charge in [0.25, 0.3) is 0 Å². The molecule has 0 aliphatic heterocycles. The van der Waals surface area contributed by atoms with E-state index in [4.69, 9.17) is 13.7 Å². The van der Waals surface area contributed by atoms with Crippen molar-refractivity contribution < 1.29 is 18.3 Å². The molecule has 0 spiro atoms. The van der Waals surface area contributed by atoms with Gasteiger partial charge in [-0.3, -0.25) is 4.57 Å². The van der Waals surface area contributed by atoms with Crippen molar-refractivity contribution in [1.82, 2.24) is 0 Å². The second-order valence-corrected chi connectivity index (χ2v) is 12.9. The smallest absolute Gasteiger partial charge is 0.250 e. The first-order chi connectivity index (χ1) is 9.62. The second kappa shape index (κ2) is 7.10. The van der Waals surface area contributed by atoms with Gasteiger partial charge in [0, 0.05) is 14.2 Å². The molecular weight excluding hydrogens is 303 g/mol. The molecule has 0 aliphatic rings. The fraction of sp³-hybridized carbons (Fsp3) is 0.600. The molecule has 0 aliphatic carbocycles. The number of hydrogen-bond donors (Lipinski definition) is 0. The first kappa shape index (κ1) is 18.4. The molecule has 1 aromatic rings. The van der Waals surface area contributed by atoms with Crippen molar-refractivity contribution in [3.05, 3.63) is 29.8 Å². The lowest BCUT2D eigenvalue weighted by atomic mass is 10.2. The molecule has 2 atom stereocenters. The summed E-state index contributed by atoms with van der Waals surface area (Å²) in [5.41, 5.74) is 0.819. The molecule has 0 bridgehead atoms. The van der Waals surface area contributed by atoms with Crippen molar-refractivity contribution in [3.63, 3.8) is 0 Å². The normalized spacial score (nSPS) is 15.6. The third-order valence-electron chi connectivity index (χ3n) is 3.99. The first-order valence-corrected chi connectivity index (χ1v) is 11.3. The number of methoxy groups -OCH3 is 1. The van der Waals surface area contributed by atoms with E-state index in [1.54, 1.807) is 0 Å². The van der Waals surface area contributed by atoms with Crippen LogP contribution in [0.5, 0.6) is 5.75 Å². The zero-order valence-electron chi connectivity index (χ0n) is 14.0. The van der Waals surface area contributed by atoms with Gasteiger partial charge in [-0.05, 0) is 35.8 Å². The summed E-state index contributed by atoms with van der Waals surface area (Å²) in [7, 11) is -1.20. The largest absolute Gasteiger partial charge is 0.543 e. The van der Waals surface area contributed by atoms with E-state index in [-0.39, 0.29) is 5.04 Å². The molecule has 21 heavy (non-hydrogen) atoms. The van der Waals surface area contributed by atoms with Crippen LogP contribution in [-0.4, -0.2) is 22.5 Å². The molecule has 0 radical (unpaired) electrons. The van der Waals surface area contributed by atoms with Crippen LogP contribution in [0.25, 0.3) is 0 Å². The summed E-state index contributed by atoms with van der Waals surface area (Å²) < 4.78 is 28.4. The van der Waals surface area contributed by atoms with Crippen molar-refractivity contribution >= 4 is 16.3 Å². The maximum absolute atomic E-state index is 11.9. The van der Waals surface area contributed by atoms with Crippen LogP contribution in [0.15, 0.2) is 24.3 Å². The molecule has 0 aromatic heterocycles. The number of ether oxygens (including phenoxy) is 1. The van der Waals surface area contributed by atoms with Crippen LogP contribution in [0.3, 0.4) is 0 Å². The number of benzene rings is 1. The zero-order chi connectivity index (χ0) is 16.3. The Hall–Kier alpha value is -0.613. The molecule has 0 saturated heterocycles. The van der Waals surface area contributed by atoms with Crippen LogP contribution in [0.4, 0.5) is 0 Å². The molecule has 1 aromatic carbocycles. The highest BCUT2D eigenvalue weighted by Crippen LogP contribution is 2.43. The SMILES string of the molecule is COC(c1cccc(O[Si](C)(C)C(C)(C)C)c1)[PH](=O)OC. The Morgan fingerprint density at radius 2 is 1.81 bits per heavy atom. The van der Waals surface area contributed by atoms with Gasteiger partial charge < -0.3 is 13.7 Å². The summed E-state index contributed by atoms with van der Waals surface area (Å²) in [5, 5.41) is 0.129. The van der Waals surface area contributed by atoms with E-state index in [1.165, 1.54) is 14.2 Å². The van der Waals surface area contributed by atoms with Gasteiger partial charge in [0.2, 0.25) is 16.3 Å². The molecule has 0 amide bonds. The minimum Gasteiger partial charge on any atom is -0.543 e. The Labute approximate surface area is 129 Å². The monoisotopic (exact) mass is 330 g/mol. The predicted molar refractivity (Wildman–Crippen MR) is 90.0 cm³/mol. The minimum atomic E-state index is -2.27. The maximum Gasteiger partial charge on any atom is 0.250 e. The summed E-state index contributed by atoms with van der Waals surface area (Å²) in [6, 6.07) is 7.61. The van der Waals surface area contributed by atoms with Gasteiger partial charge in [0.1, 0.15) is 5.75 Å². The maximum atomic E-state index is 11.9. The summed E-state index contributed by atoms with van der Waals surface area (Å²) in [6.45, 7) is 11.0. The quantitative estimate of drug-likeness (QED) is 0.553. The van der Waals surface area contributed by atoms with Crippen LogP contribution >= 0.6 is 8.03 Å². The third kappa shape index (κ3) is 4.68. The molecular formula is C15H27O4PSi. The van der Waals surface area contributed by atoms with Gasteiger partial charge in [0.05, 0.1) is 0 Å². The van der Waals surface area contributed by atoms with Gasteiger partial charge in [-0.2, -0.15) is 0 Å². The van der Waals surface area contributed by atoms with Crippen molar-refractivity contribution in [2.75, 3.05) is 14.2 Å². The first-order valence-electron chi connectivity index (χ1n) is 7.02. The molecule has 0 heterocycles. The standard InChI is InChI=1S/C15H27O4PSi/c1-15(2,3)21(6,7)19-13-10-8-9-12(11-13)14(17-4)20(16)18-5/h8-11,14,20H,1-7H3. The third-order valence-corrected chi connectivity index (χ3v) is 9.75. The fourth-order valence-corrected chi connectivity index (χ4v) is 3.54. The summed E-state index contributed by atoms with van der Waals surface area (Å²) in [6.07, 6.45) is 0. The predicted octanol–water partition coefficient (Wildman–Crippen LogP) is 4.84. The van der Waals surface area contributed by atoms with Gasteiger partial charge >= 0.3 is 0 Å². The Kier molecular flexibility index (Phi) is 6.23. The Bertz CT molecular complexity index is 497. The van der Waals surface area contributed by atoms with Gasteiger partial charge in [0.15, 0.2) is 5.85 Å². The molecule has 6 heteroatoms. The highest BCUT2D eigenvalue weighted by Gasteiger charge is 2.39. The number of hydrogen-bond acceptors (Lipinski definition) is 4. The van der Waals surface area contributed by atoms with E-state index >= 15 is 0 Å². The van der Waals surface area contributed by atoms with Crippen molar-refractivity contribution in [1.29, 1.82) is 0 Å². The van der Waals surface area contributed by atoms with Crippen LogP contribution < -0.4 is 4.43 Å². The van der Waals surface area contributed by atoms with Crippen molar-refractivity contribution in [2.24, 2.45) is 0 Å². The summed E-state index contributed by atoms with van der Waals surface area (Å²) >= 11 is 0. The van der Waals surface area contributed by atoms with E-state index in [2.05, 4.69) is 33.9 Å². The fourth-order valence-electron chi connectivity index (χ4n) is 1.66. The van der Waals surface area contributed by atoms with E-state index in [1.807, 2.05) is 24.3 Å². The summed E-state index contributed by atoms with van der Waals surface area (Å²) in [4.78, 5) is 0. The molecule has 0 N–H and O–H groups in total. The molecule has 4 nitrogen and oxygen atoms in total. The average Bonchev–Trinajstić information content (AvgIpc) is 2.38. The lowest BCUT2D eigenvalue weighted by molar-refractivity contribution is 0.155. The van der Waals surface area contributed by atoms with E-state index in [9.17, 15) is 4.57 Å². The van der Waals surface area contributed by atoms with Crippen molar-refractivity contribution in [2.45, 2.75) is 44.7 Å². The Balaban J connectivity index is 3.03. The van der Waals surface area contributed by atoms with Gasteiger partial charge in [-0.15, -0.1) is 0 Å². The van der Waals surface area contributed by atoms with Gasteiger partial charge in [-0.25, -0.2) is 0 Å². The second-order valence-electron chi connectivity index (χ2n) is 6.57. The topological polar surface area (TPSA) is 44.8 Å². The van der Waals surface area contributed by atoms with Crippen LogP contribution in [0.1, 0.15) is 32.2 Å². The Morgan fingerprint density at radius 3 is 2.29 bits per heavy atom. The molecule has 0 fully saturated rings. The van der Waals surface area contributed by atoms with E-state index < -0.39 is 22.2 Å². The molecule has 0 saturated carbocycles.